The summed E-state index contributed by atoms with van der Waals surface area (Å²) in [7, 11) is 0. The summed E-state index contributed by atoms with van der Waals surface area (Å²) in [6, 6.07) is -1.30. The fourth-order valence-electron chi connectivity index (χ4n) is 4.34. The minimum atomic E-state index is -1.90. The van der Waals surface area contributed by atoms with Gasteiger partial charge in [-0.25, -0.2) is 0 Å². The minimum Gasteiger partial charge on any atom is -0.394 e. The quantitative estimate of drug-likeness (QED) is 0.135. The molecule has 216 valence electrons. The van der Waals surface area contributed by atoms with E-state index >= 15 is 0 Å². The maximum absolute atomic E-state index is 11.6. The van der Waals surface area contributed by atoms with Gasteiger partial charge in [-0.1, -0.05) is 0 Å². The van der Waals surface area contributed by atoms with E-state index in [1.54, 1.807) is 0 Å². The minimum absolute atomic E-state index is 0.603. The van der Waals surface area contributed by atoms with Gasteiger partial charge in [-0.15, -0.1) is 0 Å². The van der Waals surface area contributed by atoms with Crippen molar-refractivity contribution in [1.29, 1.82) is 0 Å². The maximum Gasteiger partial charge on any atom is 0.217 e. The second kappa shape index (κ2) is 12.8. The molecule has 0 bridgehead atoms. The van der Waals surface area contributed by atoms with Crippen LogP contribution < -0.4 is 5.32 Å². The Kier molecular flexibility index (Phi) is 10.5. The molecule has 3 fully saturated rings. The molecule has 0 aromatic carbocycles. The number of aliphatic hydroxyl groups excluding tert-OH is 10. The van der Waals surface area contributed by atoms with Gasteiger partial charge in [-0.05, 0) is 0 Å². The van der Waals surface area contributed by atoms with E-state index in [2.05, 4.69) is 5.32 Å². The Morgan fingerprint density at radius 3 is 1.84 bits per heavy atom. The molecule has 3 saturated heterocycles. The Labute approximate surface area is 210 Å². The van der Waals surface area contributed by atoms with Crippen LogP contribution in [0.5, 0.6) is 0 Å². The number of rotatable bonds is 8. The van der Waals surface area contributed by atoms with Gasteiger partial charge in [-0.2, -0.15) is 0 Å². The third-order valence-electron chi connectivity index (χ3n) is 6.48. The molecule has 3 heterocycles. The predicted octanol–water partition coefficient (Wildman–Crippen LogP) is -7.43. The Morgan fingerprint density at radius 1 is 0.703 bits per heavy atom. The molecule has 0 aliphatic carbocycles. The summed E-state index contributed by atoms with van der Waals surface area (Å²) in [4.78, 5) is 11.6. The smallest absolute Gasteiger partial charge is 0.217 e. The fraction of sp³-hybridized carbons (Fsp3) is 0.950. The molecular formula is C20H35NO16. The molecule has 1 unspecified atom stereocenters. The SMILES string of the molecule is CC(=O)N[C@H]1[C@H](OC[C@H]2O[C@H](O[C@H]3C(O)O[C@H](CO)[C@@H](O)[C@@H]3O)[C@H](O)[C@@H](O)[C@@H]2O)O[C@H](CO)[C@@H](O)[C@@H]1O. The standard InChI is InChI=1S/C20H35NO16/c1-5(24)21-9-13(28)10(25)7(3-23)35-19(9)33-4-8-12(27)14(29)16(31)20(36-8)37-17-15(30)11(26)6(2-22)34-18(17)32/h6-20,22-23,25-32H,2-4H2,1H3,(H,21,24)/t6-,7-,8-,9-,10-,11-,12-,13-,14+,15+,16-,17-,18?,19-,20-/m1/s1. The lowest BCUT2D eigenvalue weighted by Crippen LogP contribution is -2.66. The van der Waals surface area contributed by atoms with Gasteiger partial charge < -0.3 is 80.1 Å². The molecule has 11 N–H and O–H groups in total. The van der Waals surface area contributed by atoms with Gasteiger partial charge in [0.15, 0.2) is 18.9 Å². The van der Waals surface area contributed by atoms with Crippen molar-refractivity contribution < 1.29 is 79.5 Å². The molecule has 3 aliphatic rings. The average Bonchev–Trinajstić information content (AvgIpc) is 2.86. The molecule has 15 atom stereocenters. The largest absolute Gasteiger partial charge is 0.394 e. The number of ether oxygens (including phenoxy) is 5. The third kappa shape index (κ3) is 6.55. The van der Waals surface area contributed by atoms with E-state index in [0.29, 0.717) is 0 Å². The summed E-state index contributed by atoms with van der Waals surface area (Å²) in [6.07, 6.45) is -23.1. The first-order valence-electron chi connectivity index (χ1n) is 11.6. The highest BCUT2D eigenvalue weighted by Crippen LogP contribution is 2.29. The number of nitrogens with one attached hydrogen (secondary N) is 1. The highest BCUT2D eigenvalue weighted by Gasteiger charge is 2.51. The van der Waals surface area contributed by atoms with E-state index in [0.717, 1.165) is 6.92 Å². The Hall–Kier alpha value is -1.13. The van der Waals surface area contributed by atoms with Crippen LogP contribution in [-0.2, 0) is 28.5 Å². The van der Waals surface area contributed by atoms with Gasteiger partial charge in [0, 0.05) is 6.92 Å². The molecule has 37 heavy (non-hydrogen) atoms. The van der Waals surface area contributed by atoms with Crippen molar-refractivity contribution in [2.24, 2.45) is 0 Å². The lowest BCUT2D eigenvalue weighted by Gasteiger charge is -2.46. The van der Waals surface area contributed by atoms with Gasteiger partial charge in [0.05, 0.1) is 19.8 Å². The normalized spacial score (nSPS) is 49.0. The maximum atomic E-state index is 11.6. The number of carbonyl (C=O) groups is 1. The van der Waals surface area contributed by atoms with Crippen molar-refractivity contribution in [2.75, 3.05) is 19.8 Å². The molecule has 17 heteroatoms. The van der Waals surface area contributed by atoms with Crippen LogP contribution >= 0.6 is 0 Å². The Bertz CT molecular complexity index is 747. The second-order valence-electron chi connectivity index (χ2n) is 9.11. The topological polar surface area (TPSA) is 278 Å². The Morgan fingerprint density at radius 2 is 1.24 bits per heavy atom. The van der Waals surface area contributed by atoms with Crippen molar-refractivity contribution in [3.63, 3.8) is 0 Å². The van der Waals surface area contributed by atoms with Crippen LogP contribution in [-0.4, -0.2) is 169 Å². The second-order valence-corrected chi connectivity index (χ2v) is 9.11. The molecule has 0 aromatic rings. The van der Waals surface area contributed by atoms with E-state index in [4.69, 9.17) is 23.7 Å². The Balaban J connectivity index is 1.69. The van der Waals surface area contributed by atoms with E-state index < -0.39 is 118 Å². The van der Waals surface area contributed by atoms with Gasteiger partial charge in [0.25, 0.3) is 0 Å². The van der Waals surface area contributed by atoms with Crippen LogP contribution in [0.1, 0.15) is 6.92 Å². The number of carbonyl (C=O) groups excluding carboxylic acids is 1. The molecular weight excluding hydrogens is 510 g/mol. The van der Waals surface area contributed by atoms with E-state index in [1.165, 1.54) is 0 Å². The first-order chi connectivity index (χ1) is 17.4. The van der Waals surface area contributed by atoms with Gasteiger partial charge in [0.1, 0.15) is 73.2 Å². The van der Waals surface area contributed by atoms with E-state index in [1.807, 2.05) is 0 Å². The summed E-state index contributed by atoms with van der Waals surface area (Å²) in [5.41, 5.74) is 0. The highest BCUT2D eigenvalue weighted by molar-refractivity contribution is 5.73. The molecule has 0 aromatic heterocycles. The fourth-order valence-corrected chi connectivity index (χ4v) is 4.34. The molecule has 3 aliphatic heterocycles. The molecule has 3 rings (SSSR count). The first kappa shape index (κ1) is 30.4. The van der Waals surface area contributed by atoms with Crippen molar-refractivity contribution in [3.8, 4) is 0 Å². The van der Waals surface area contributed by atoms with Crippen LogP contribution in [0.3, 0.4) is 0 Å². The first-order valence-corrected chi connectivity index (χ1v) is 11.6. The van der Waals surface area contributed by atoms with Crippen LogP contribution in [0.25, 0.3) is 0 Å². The van der Waals surface area contributed by atoms with Gasteiger partial charge in [-0.3, -0.25) is 4.79 Å². The molecule has 17 nitrogen and oxygen atoms in total. The van der Waals surface area contributed by atoms with Crippen LogP contribution in [0.4, 0.5) is 0 Å². The molecule has 0 spiro atoms. The summed E-state index contributed by atoms with van der Waals surface area (Å²) in [6.45, 7) is -0.890. The van der Waals surface area contributed by atoms with Crippen LogP contribution in [0.15, 0.2) is 0 Å². The number of hydrogen-bond acceptors (Lipinski definition) is 16. The summed E-state index contributed by atoms with van der Waals surface area (Å²) >= 11 is 0. The highest BCUT2D eigenvalue weighted by atomic mass is 16.7. The van der Waals surface area contributed by atoms with Crippen LogP contribution in [0, 0.1) is 0 Å². The summed E-state index contributed by atoms with van der Waals surface area (Å²) in [5, 5.41) is 103. The molecule has 1 amide bonds. The zero-order valence-corrected chi connectivity index (χ0v) is 19.7. The van der Waals surface area contributed by atoms with Crippen molar-refractivity contribution in [2.45, 2.75) is 99.0 Å². The number of amides is 1. The van der Waals surface area contributed by atoms with Gasteiger partial charge >= 0.3 is 0 Å². The zero-order chi connectivity index (χ0) is 27.6. The lowest BCUT2D eigenvalue weighted by molar-refractivity contribution is -0.366. The van der Waals surface area contributed by atoms with Crippen LogP contribution in [0.2, 0.25) is 0 Å². The summed E-state index contributed by atoms with van der Waals surface area (Å²) < 4.78 is 26.7. The molecule has 0 saturated carbocycles. The third-order valence-corrected chi connectivity index (χ3v) is 6.48. The van der Waals surface area contributed by atoms with E-state index in [-0.39, 0.29) is 0 Å². The van der Waals surface area contributed by atoms with Gasteiger partial charge in [0.2, 0.25) is 5.91 Å². The summed E-state index contributed by atoms with van der Waals surface area (Å²) in [5.74, 6) is -0.603. The average molecular weight is 545 g/mol. The van der Waals surface area contributed by atoms with Crippen molar-refractivity contribution in [3.05, 3.63) is 0 Å². The predicted molar refractivity (Wildman–Crippen MR) is 113 cm³/mol. The number of aliphatic hydroxyl groups is 10. The van der Waals surface area contributed by atoms with Crippen molar-refractivity contribution >= 4 is 5.91 Å². The monoisotopic (exact) mass is 545 g/mol. The number of hydrogen-bond donors (Lipinski definition) is 11. The molecule has 0 radical (unpaired) electrons. The van der Waals surface area contributed by atoms with E-state index in [9.17, 15) is 55.9 Å². The van der Waals surface area contributed by atoms with Crippen molar-refractivity contribution in [1.82, 2.24) is 5.32 Å². The lowest BCUT2D eigenvalue weighted by atomic mass is 9.96. The zero-order valence-electron chi connectivity index (χ0n) is 19.7.